The highest BCUT2D eigenvalue weighted by molar-refractivity contribution is 4.57. The maximum atomic E-state index is 11.5. The lowest BCUT2D eigenvalue weighted by atomic mass is 10.4. The van der Waals surface area contributed by atoms with Gasteiger partial charge in [-0.05, 0) is 6.54 Å². The van der Waals surface area contributed by atoms with Crippen molar-refractivity contribution in [3.8, 4) is 0 Å². The first-order chi connectivity index (χ1) is 5.95. The summed E-state index contributed by atoms with van der Waals surface area (Å²) >= 11 is 0. The number of halogens is 3. The largest absolute Gasteiger partial charge is 0.411 e. The van der Waals surface area contributed by atoms with Gasteiger partial charge >= 0.3 is 6.18 Å². The second-order valence-electron chi connectivity index (χ2n) is 2.59. The molecular weight excluding hydrogens is 187 g/mol. The third kappa shape index (κ3) is 9.59. The molecule has 80 valence electrons. The summed E-state index contributed by atoms with van der Waals surface area (Å²) in [5, 5.41) is 11.8. The molecule has 0 aromatic carbocycles. The molecule has 0 aliphatic rings. The van der Waals surface area contributed by atoms with Gasteiger partial charge in [-0.3, -0.25) is 0 Å². The van der Waals surface area contributed by atoms with E-state index in [1.165, 1.54) is 0 Å². The third-order valence-electron chi connectivity index (χ3n) is 1.21. The minimum atomic E-state index is -4.32. The topological polar surface area (TPSA) is 41.5 Å². The number of alkyl halides is 3. The second-order valence-corrected chi connectivity index (χ2v) is 2.59. The maximum absolute atomic E-state index is 11.5. The number of likely N-dealkylation sites (N-methyl/N-ethyl adjacent to an activating group) is 1. The normalized spacial score (nSPS) is 14.5. The number of aliphatic hydroxyl groups excluding tert-OH is 1. The number of nitrogens with one attached hydrogen (secondary N) is 1. The van der Waals surface area contributed by atoms with Crippen LogP contribution in [0, 0.1) is 0 Å². The Bertz CT molecular complexity index is 129. The molecular formula is C7H14F3NO2. The highest BCUT2D eigenvalue weighted by Crippen LogP contribution is 2.14. The van der Waals surface area contributed by atoms with Crippen LogP contribution in [0.2, 0.25) is 0 Å². The lowest BCUT2D eigenvalue weighted by molar-refractivity contribution is -0.178. The lowest BCUT2D eigenvalue weighted by Crippen LogP contribution is -2.31. The lowest BCUT2D eigenvalue weighted by Gasteiger charge is -2.12. The summed E-state index contributed by atoms with van der Waals surface area (Å²) in [5.41, 5.74) is 0. The van der Waals surface area contributed by atoms with Crippen molar-refractivity contribution < 1.29 is 23.0 Å². The molecule has 6 heteroatoms. The van der Waals surface area contributed by atoms with Crippen LogP contribution in [0.1, 0.15) is 6.92 Å². The molecule has 13 heavy (non-hydrogen) atoms. The van der Waals surface area contributed by atoms with Crippen LogP contribution in [0.15, 0.2) is 0 Å². The molecule has 0 radical (unpaired) electrons. The molecule has 0 aliphatic carbocycles. The van der Waals surface area contributed by atoms with E-state index in [-0.39, 0.29) is 13.2 Å². The first-order valence-electron chi connectivity index (χ1n) is 3.99. The summed E-state index contributed by atoms with van der Waals surface area (Å²) in [6.45, 7) is 1.14. The Morgan fingerprint density at radius 1 is 1.46 bits per heavy atom. The van der Waals surface area contributed by atoms with Gasteiger partial charge in [-0.1, -0.05) is 6.92 Å². The highest BCUT2D eigenvalue weighted by atomic mass is 19.4. The number of hydrogen-bond acceptors (Lipinski definition) is 3. The van der Waals surface area contributed by atoms with Gasteiger partial charge in [-0.25, -0.2) is 0 Å². The Hall–Kier alpha value is -0.330. The fourth-order valence-corrected chi connectivity index (χ4v) is 0.681. The minimum absolute atomic E-state index is 0.244. The maximum Gasteiger partial charge on any atom is 0.411 e. The molecule has 1 atom stereocenters. The molecule has 2 N–H and O–H groups in total. The van der Waals surface area contributed by atoms with Gasteiger partial charge in [0.15, 0.2) is 0 Å². The van der Waals surface area contributed by atoms with Crippen LogP contribution < -0.4 is 5.32 Å². The minimum Gasteiger partial charge on any atom is -0.389 e. The molecule has 0 bridgehead atoms. The van der Waals surface area contributed by atoms with E-state index in [2.05, 4.69) is 10.1 Å². The monoisotopic (exact) mass is 201 g/mol. The zero-order valence-corrected chi connectivity index (χ0v) is 7.40. The summed E-state index contributed by atoms with van der Waals surface area (Å²) in [6.07, 6.45) is -5.21. The van der Waals surface area contributed by atoms with Gasteiger partial charge < -0.3 is 15.2 Å². The van der Waals surface area contributed by atoms with Crippen LogP contribution >= 0.6 is 0 Å². The van der Waals surface area contributed by atoms with E-state index in [1.54, 1.807) is 0 Å². The van der Waals surface area contributed by atoms with Gasteiger partial charge in [-0.15, -0.1) is 0 Å². The average Bonchev–Trinajstić information content (AvgIpc) is 1.98. The van der Waals surface area contributed by atoms with E-state index in [9.17, 15) is 13.2 Å². The highest BCUT2D eigenvalue weighted by Gasteiger charge is 2.27. The van der Waals surface area contributed by atoms with E-state index in [0.29, 0.717) is 6.54 Å². The van der Waals surface area contributed by atoms with E-state index in [4.69, 9.17) is 5.11 Å². The Morgan fingerprint density at radius 2 is 2.08 bits per heavy atom. The van der Waals surface area contributed by atoms with Crippen molar-refractivity contribution in [1.29, 1.82) is 0 Å². The van der Waals surface area contributed by atoms with Crippen molar-refractivity contribution in [3.63, 3.8) is 0 Å². The Balaban J connectivity index is 3.31. The van der Waals surface area contributed by atoms with Crippen LogP contribution in [0.5, 0.6) is 0 Å². The van der Waals surface area contributed by atoms with Gasteiger partial charge in [-0.2, -0.15) is 13.2 Å². The van der Waals surface area contributed by atoms with Gasteiger partial charge in [0.25, 0.3) is 0 Å². The SMILES string of the molecule is CCNCC(O)COCC(F)(F)F. The molecule has 0 amide bonds. The third-order valence-corrected chi connectivity index (χ3v) is 1.21. The van der Waals surface area contributed by atoms with Crippen molar-refractivity contribution in [1.82, 2.24) is 5.32 Å². The van der Waals surface area contributed by atoms with Gasteiger partial charge in [0.05, 0.1) is 12.7 Å². The summed E-state index contributed by atoms with van der Waals surface area (Å²) in [7, 11) is 0. The molecule has 3 nitrogen and oxygen atoms in total. The van der Waals surface area contributed by atoms with Crippen LogP contribution in [0.4, 0.5) is 13.2 Å². The predicted octanol–water partition coefficient (Wildman–Crippen LogP) is 0.536. The van der Waals surface area contributed by atoms with Crippen molar-refractivity contribution in [3.05, 3.63) is 0 Å². The van der Waals surface area contributed by atoms with Crippen molar-refractivity contribution in [2.75, 3.05) is 26.3 Å². The first-order valence-corrected chi connectivity index (χ1v) is 3.99. The van der Waals surface area contributed by atoms with Crippen LogP contribution in [-0.4, -0.2) is 43.7 Å². The van der Waals surface area contributed by atoms with Crippen LogP contribution in [0.3, 0.4) is 0 Å². The van der Waals surface area contributed by atoms with E-state index >= 15 is 0 Å². The molecule has 0 aromatic heterocycles. The number of rotatable bonds is 6. The number of aliphatic hydroxyl groups is 1. The Kier molecular flexibility index (Phi) is 6.02. The quantitative estimate of drug-likeness (QED) is 0.659. The Morgan fingerprint density at radius 3 is 2.54 bits per heavy atom. The molecule has 0 spiro atoms. The van der Waals surface area contributed by atoms with Crippen LogP contribution in [0.25, 0.3) is 0 Å². The summed E-state index contributed by atoms with van der Waals surface area (Å²) in [5.74, 6) is 0. The first kappa shape index (κ1) is 12.7. The number of hydrogen-bond donors (Lipinski definition) is 2. The molecule has 0 aromatic rings. The van der Waals surface area contributed by atoms with Gasteiger partial charge in [0, 0.05) is 6.54 Å². The van der Waals surface area contributed by atoms with E-state index in [1.807, 2.05) is 6.92 Å². The Labute approximate surface area is 74.9 Å². The average molecular weight is 201 g/mol. The number of ether oxygens (including phenoxy) is 1. The summed E-state index contributed by atoms with van der Waals surface area (Å²) in [4.78, 5) is 0. The summed E-state index contributed by atoms with van der Waals surface area (Å²) < 4.78 is 38.8. The molecule has 0 rings (SSSR count). The fourth-order valence-electron chi connectivity index (χ4n) is 0.681. The molecule has 0 heterocycles. The fraction of sp³-hybridized carbons (Fsp3) is 1.00. The molecule has 0 saturated carbocycles. The molecule has 1 unspecified atom stereocenters. The van der Waals surface area contributed by atoms with E-state index in [0.717, 1.165) is 0 Å². The van der Waals surface area contributed by atoms with Crippen molar-refractivity contribution in [2.45, 2.75) is 19.2 Å². The van der Waals surface area contributed by atoms with E-state index < -0.39 is 18.9 Å². The molecule has 0 aliphatic heterocycles. The van der Waals surface area contributed by atoms with Gasteiger partial charge in [0.1, 0.15) is 6.61 Å². The predicted molar refractivity (Wildman–Crippen MR) is 41.4 cm³/mol. The summed E-state index contributed by atoms with van der Waals surface area (Å²) in [6, 6.07) is 0. The van der Waals surface area contributed by atoms with Crippen molar-refractivity contribution in [2.24, 2.45) is 0 Å². The zero-order chi connectivity index (χ0) is 10.3. The van der Waals surface area contributed by atoms with Crippen molar-refractivity contribution >= 4 is 0 Å². The molecule has 0 saturated heterocycles. The van der Waals surface area contributed by atoms with Crippen LogP contribution in [-0.2, 0) is 4.74 Å². The standard InChI is InChI=1S/C7H14F3NO2/c1-2-11-3-6(12)4-13-5-7(8,9)10/h6,11-12H,2-5H2,1H3. The smallest absolute Gasteiger partial charge is 0.389 e. The van der Waals surface area contributed by atoms with Gasteiger partial charge in [0.2, 0.25) is 0 Å². The second kappa shape index (κ2) is 6.17. The zero-order valence-electron chi connectivity index (χ0n) is 7.40. The molecule has 0 fully saturated rings.